The van der Waals surface area contributed by atoms with Crippen LogP contribution in [0.2, 0.25) is 0 Å². The van der Waals surface area contributed by atoms with Gasteiger partial charge in [-0.2, -0.15) is 5.10 Å². The van der Waals surface area contributed by atoms with Gasteiger partial charge in [0.15, 0.2) is 0 Å². The van der Waals surface area contributed by atoms with Crippen LogP contribution >= 0.6 is 15.9 Å². The number of aryl methyl sites for hydroxylation is 1. The summed E-state index contributed by atoms with van der Waals surface area (Å²) in [6.07, 6.45) is 1.74. The lowest BCUT2D eigenvalue weighted by Gasteiger charge is -2.37. The molecule has 0 aliphatic carbocycles. The number of benzene rings is 1. The largest absolute Gasteiger partial charge is 0.497 e. The molecule has 0 N–H and O–H groups in total. The summed E-state index contributed by atoms with van der Waals surface area (Å²) in [7, 11) is 3.33. The zero-order valence-corrected chi connectivity index (χ0v) is 14.8. The molecule has 1 aliphatic heterocycles. The fourth-order valence-electron chi connectivity index (χ4n) is 2.74. The number of hydrogen-bond donors (Lipinski definition) is 0. The summed E-state index contributed by atoms with van der Waals surface area (Å²) in [5, 5.41) is 4.12. The van der Waals surface area contributed by atoms with E-state index in [0.717, 1.165) is 43.3 Å². The number of anilines is 2. The average molecular weight is 379 g/mol. The lowest BCUT2D eigenvalue weighted by atomic mass is 10.2. The molecular formula is C16H19BrN4O2. The molecule has 0 saturated carbocycles. The molecule has 0 unspecified atom stereocenters. The topological polar surface area (TPSA) is 50.6 Å². The van der Waals surface area contributed by atoms with Crippen LogP contribution in [0.5, 0.6) is 5.75 Å². The van der Waals surface area contributed by atoms with Crippen molar-refractivity contribution in [1.82, 2.24) is 9.78 Å². The highest BCUT2D eigenvalue weighted by atomic mass is 79.9. The van der Waals surface area contributed by atoms with Crippen LogP contribution in [0.4, 0.5) is 11.4 Å². The SMILES string of the molecule is COc1cccc(N2CCN(c3cnn(C)c(=O)c3Br)CC2)c1. The van der Waals surface area contributed by atoms with Gasteiger partial charge in [0.25, 0.3) is 5.56 Å². The molecule has 1 fully saturated rings. The van der Waals surface area contributed by atoms with Crippen molar-refractivity contribution in [2.75, 3.05) is 43.1 Å². The molecule has 122 valence electrons. The van der Waals surface area contributed by atoms with Gasteiger partial charge in [-0.15, -0.1) is 0 Å². The summed E-state index contributed by atoms with van der Waals surface area (Å²) in [4.78, 5) is 16.5. The Morgan fingerprint density at radius 3 is 2.57 bits per heavy atom. The van der Waals surface area contributed by atoms with E-state index >= 15 is 0 Å². The van der Waals surface area contributed by atoms with E-state index < -0.39 is 0 Å². The van der Waals surface area contributed by atoms with Crippen molar-refractivity contribution in [3.8, 4) is 5.75 Å². The molecule has 0 spiro atoms. The van der Waals surface area contributed by atoms with Gasteiger partial charge in [-0.25, -0.2) is 4.68 Å². The van der Waals surface area contributed by atoms with Crippen molar-refractivity contribution in [1.29, 1.82) is 0 Å². The lowest BCUT2D eigenvalue weighted by Crippen LogP contribution is -2.47. The second kappa shape index (κ2) is 6.62. The Morgan fingerprint density at radius 1 is 1.17 bits per heavy atom. The first-order valence-corrected chi connectivity index (χ1v) is 8.25. The summed E-state index contributed by atoms with van der Waals surface area (Å²) in [5.74, 6) is 0.864. The zero-order valence-electron chi connectivity index (χ0n) is 13.2. The first kappa shape index (κ1) is 15.9. The number of aromatic nitrogens is 2. The molecule has 3 rings (SSSR count). The predicted octanol–water partition coefficient (Wildman–Crippen LogP) is 1.88. The Morgan fingerprint density at radius 2 is 1.87 bits per heavy atom. The summed E-state index contributed by atoms with van der Waals surface area (Å²) < 4.78 is 7.19. The number of rotatable bonds is 3. The normalized spacial score (nSPS) is 14.9. The number of halogens is 1. The molecule has 0 bridgehead atoms. The maximum absolute atomic E-state index is 12.0. The summed E-state index contributed by atoms with van der Waals surface area (Å²) in [6, 6.07) is 8.09. The highest BCUT2D eigenvalue weighted by molar-refractivity contribution is 9.10. The van der Waals surface area contributed by atoms with Crippen LogP contribution in [0, 0.1) is 0 Å². The Labute approximate surface area is 143 Å². The number of ether oxygens (including phenoxy) is 1. The molecule has 2 aromatic rings. The van der Waals surface area contributed by atoms with E-state index in [1.165, 1.54) is 4.68 Å². The minimum Gasteiger partial charge on any atom is -0.497 e. The molecule has 0 amide bonds. The Kier molecular flexibility index (Phi) is 4.56. The summed E-state index contributed by atoms with van der Waals surface area (Å²) in [5.41, 5.74) is 1.90. The van der Waals surface area contributed by atoms with Crippen LogP contribution in [-0.2, 0) is 7.05 Å². The molecular weight excluding hydrogens is 360 g/mol. The van der Waals surface area contributed by atoms with E-state index in [4.69, 9.17) is 4.74 Å². The quantitative estimate of drug-likeness (QED) is 0.815. The van der Waals surface area contributed by atoms with E-state index in [0.29, 0.717) is 4.47 Å². The fraction of sp³-hybridized carbons (Fsp3) is 0.375. The van der Waals surface area contributed by atoms with Crippen LogP contribution in [0.25, 0.3) is 0 Å². The number of hydrogen-bond acceptors (Lipinski definition) is 5. The van der Waals surface area contributed by atoms with Gasteiger partial charge in [0, 0.05) is 45.0 Å². The van der Waals surface area contributed by atoms with Crippen molar-refractivity contribution < 1.29 is 4.74 Å². The number of nitrogens with zero attached hydrogens (tertiary/aromatic N) is 4. The summed E-state index contributed by atoms with van der Waals surface area (Å²) in [6.45, 7) is 3.44. The third-order valence-corrected chi connectivity index (χ3v) is 4.84. The Balaban J connectivity index is 1.73. The lowest BCUT2D eigenvalue weighted by molar-refractivity contribution is 0.414. The first-order chi connectivity index (χ1) is 11.1. The van der Waals surface area contributed by atoms with E-state index in [-0.39, 0.29) is 5.56 Å². The van der Waals surface area contributed by atoms with Gasteiger partial charge in [-0.1, -0.05) is 6.07 Å². The Hall–Kier alpha value is -2.02. The molecule has 1 aromatic carbocycles. The highest BCUT2D eigenvalue weighted by Crippen LogP contribution is 2.26. The average Bonchev–Trinajstić information content (AvgIpc) is 2.60. The van der Waals surface area contributed by atoms with Crippen molar-refractivity contribution in [3.63, 3.8) is 0 Å². The molecule has 1 aliphatic rings. The molecule has 23 heavy (non-hydrogen) atoms. The third kappa shape index (κ3) is 3.19. The second-order valence-electron chi connectivity index (χ2n) is 5.45. The zero-order chi connectivity index (χ0) is 16.4. The molecule has 2 heterocycles. The second-order valence-corrected chi connectivity index (χ2v) is 6.24. The van der Waals surface area contributed by atoms with Crippen LogP contribution in [0.15, 0.2) is 39.7 Å². The van der Waals surface area contributed by atoms with Crippen LogP contribution in [0.3, 0.4) is 0 Å². The van der Waals surface area contributed by atoms with Gasteiger partial charge in [-0.05, 0) is 28.1 Å². The molecule has 1 aromatic heterocycles. The molecule has 0 atom stereocenters. The minimum atomic E-state index is -0.113. The molecule has 0 radical (unpaired) electrons. The van der Waals surface area contributed by atoms with Gasteiger partial charge < -0.3 is 14.5 Å². The minimum absolute atomic E-state index is 0.113. The molecule has 7 heteroatoms. The summed E-state index contributed by atoms with van der Waals surface area (Å²) >= 11 is 3.40. The van der Waals surface area contributed by atoms with Crippen molar-refractivity contribution in [2.24, 2.45) is 7.05 Å². The first-order valence-electron chi connectivity index (χ1n) is 7.46. The van der Waals surface area contributed by atoms with Crippen molar-refractivity contribution in [2.45, 2.75) is 0 Å². The standard InChI is InChI=1S/C16H19BrN4O2/c1-19-16(22)15(17)14(11-18-19)21-8-6-20(7-9-21)12-4-3-5-13(10-12)23-2/h3-5,10-11H,6-9H2,1-2H3. The fourth-order valence-corrected chi connectivity index (χ4v) is 3.34. The number of piperazine rings is 1. The van der Waals surface area contributed by atoms with Gasteiger partial charge >= 0.3 is 0 Å². The van der Waals surface area contributed by atoms with Gasteiger partial charge in [-0.3, -0.25) is 4.79 Å². The predicted molar refractivity (Wildman–Crippen MR) is 94.6 cm³/mol. The smallest absolute Gasteiger partial charge is 0.282 e. The van der Waals surface area contributed by atoms with Gasteiger partial charge in [0.1, 0.15) is 10.2 Å². The molecule has 6 nitrogen and oxygen atoms in total. The van der Waals surface area contributed by atoms with E-state index in [1.54, 1.807) is 20.4 Å². The van der Waals surface area contributed by atoms with Crippen LogP contribution in [0.1, 0.15) is 0 Å². The Bertz CT molecular complexity index is 754. The van der Waals surface area contributed by atoms with Crippen LogP contribution in [-0.4, -0.2) is 43.1 Å². The van der Waals surface area contributed by atoms with E-state index in [1.807, 2.05) is 18.2 Å². The van der Waals surface area contributed by atoms with E-state index in [2.05, 4.69) is 36.9 Å². The van der Waals surface area contributed by atoms with E-state index in [9.17, 15) is 4.79 Å². The maximum atomic E-state index is 12.0. The van der Waals surface area contributed by atoms with Gasteiger partial charge in [0.05, 0.1) is 19.0 Å². The monoisotopic (exact) mass is 378 g/mol. The number of methoxy groups -OCH3 is 1. The van der Waals surface area contributed by atoms with Gasteiger partial charge in [0.2, 0.25) is 0 Å². The van der Waals surface area contributed by atoms with Crippen molar-refractivity contribution in [3.05, 3.63) is 45.3 Å². The molecule has 1 saturated heterocycles. The highest BCUT2D eigenvalue weighted by Gasteiger charge is 2.21. The van der Waals surface area contributed by atoms with Crippen LogP contribution < -0.4 is 20.1 Å². The maximum Gasteiger partial charge on any atom is 0.282 e. The third-order valence-electron chi connectivity index (χ3n) is 4.10. The van der Waals surface area contributed by atoms with Crippen molar-refractivity contribution >= 4 is 27.3 Å².